The second-order valence-electron chi connectivity index (χ2n) is 5.59. The summed E-state index contributed by atoms with van der Waals surface area (Å²) in [6.45, 7) is 0. The summed E-state index contributed by atoms with van der Waals surface area (Å²) in [6, 6.07) is 16.1. The number of rotatable bonds is 1. The molecule has 0 saturated heterocycles. The Labute approximate surface area is 147 Å². The number of ether oxygens (including phenoxy) is 1. The van der Waals surface area contributed by atoms with E-state index in [0.717, 1.165) is 26.4 Å². The molecule has 0 radical (unpaired) electrons. The summed E-state index contributed by atoms with van der Waals surface area (Å²) in [5.41, 5.74) is 8.24. The molecule has 116 valence electrons. The average Bonchev–Trinajstić information content (AvgIpc) is 2.60. The summed E-state index contributed by atoms with van der Waals surface area (Å²) in [6.07, 6.45) is 3.47. The van der Waals surface area contributed by atoms with Crippen LogP contribution in [0.4, 0.5) is 0 Å². The van der Waals surface area contributed by atoms with Crippen LogP contribution in [-0.2, 0) is 0 Å². The van der Waals surface area contributed by atoms with Crippen LogP contribution < -0.4 is 10.5 Å². The third-order valence-corrected chi connectivity index (χ3v) is 4.65. The molecule has 1 aliphatic heterocycles. The van der Waals surface area contributed by atoms with E-state index in [4.69, 9.17) is 10.5 Å². The van der Waals surface area contributed by atoms with E-state index in [1.165, 1.54) is 0 Å². The number of hydrogen-bond acceptors (Lipinski definition) is 4. The first-order valence-corrected chi connectivity index (χ1v) is 8.17. The molecule has 1 aliphatic rings. The number of hydrogen-bond donors (Lipinski definition) is 1. The van der Waals surface area contributed by atoms with Gasteiger partial charge in [-0.2, -0.15) is 5.26 Å². The molecule has 0 aliphatic carbocycles. The Hall–Kier alpha value is -2.84. The third-order valence-electron chi connectivity index (χ3n) is 4.15. The fourth-order valence-electron chi connectivity index (χ4n) is 3.06. The van der Waals surface area contributed by atoms with Gasteiger partial charge in [0.15, 0.2) is 0 Å². The van der Waals surface area contributed by atoms with Gasteiger partial charge in [-0.25, -0.2) is 0 Å². The summed E-state index contributed by atoms with van der Waals surface area (Å²) in [5, 5.41) is 11.7. The molecule has 5 heteroatoms. The first-order chi connectivity index (χ1) is 11.7. The summed E-state index contributed by atoms with van der Waals surface area (Å²) >= 11 is 3.50. The lowest BCUT2D eigenvalue weighted by Crippen LogP contribution is -2.21. The van der Waals surface area contributed by atoms with Gasteiger partial charge in [-0.3, -0.25) is 4.98 Å². The van der Waals surface area contributed by atoms with Crippen molar-refractivity contribution >= 4 is 26.7 Å². The van der Waals surface area contributed by atoms with Crippen molar-refractivity contribution in [3.63, 3.8) is 0 Å². The van der Waals surface area contributed by atoms with Crippen molar-refractivity contribution in [3.05, 3.63) is 81.9 Å². The minimum Gasteiger partial charge on any atom is -0.440 e. The van der Waals surface area contributed by atoms with Crippen LogP contribution in [0.2, 0.25) is 0 Å². The lowest BCUT2D eigenvalue weighted by Gasteiger charge is -2.26. The second-order valence-corrected chi connectivity index (χ2v) is 6.51. The van der Waals surface area contributed by atoms with Gasteiger partial charge in [-0.05, 0) is 46.7 Å². The van der Waals surface area contributed by atoms with Gasteiger partial charge in [0.1, 0.15) is 17.4 Å². The number of allylic oxidation sites excluding steroid dienone is 1. The Morgan fingerprint density at radius 1 is 1.17 bits per heavy atom. The number of pyridine rings is 1. The molecule has 3 aromatic rings. The zero-order valence-corrected chi connectivity index (χ0v) is 14.1. The molecule has 4 rings (SSSR count). The van der Waals surface area contributed by atoms with Gasteiger partial charge in [0.05, 0.1) is 5.92 Å². The molecule has 2 heterocycles. The van der Waals surface area contributed by atoms with Gasteiger partial charge in [-0.1, -0.05) is 28.1 Å². The fourth-order valence-corrected chi connectivity index (χ4v) is 3.44. The third kappa shape index (κ3) is 2.32. The van der Waals surface area contributed by atoms with Crippen molar-refractivity contribution in [2.45, 2.75) is 5.92 Å². The Morgan fingerprint density at radius 2 is 2.04 bits per heavy atom. The Bertz CT molecular complexity index is 1020. The van der Waals surface area contributed by atoms with E-state index < -0.39 is 0 Å². The highest BCUT2D eigenvalue weighted by Gasteiger charge is 2.31. The maximum atomic E-state index is 9.58. The number of fused-ring (bicyclic) bond motifs is 2. The lowest BCUT2D eigenvalue weighted by molar-refractivity contribution is 0.394. The largest absolute Gasteiger partial charge is 0.440 e. The van der Waals surface area contributed by atoms with Crippen LogP contribution in [0.25, 0.3) is 10.8 Å². The van der Waals surface area contributed by atoms with E-state index in [0.29, 0.717) is 11.3 Å². The van der Waals surface area contributed by atoms with Crippen LogP contribution in [-0.4, -0.2) is 4.98 Å². The number of nitrogens with two attached hydrogens (primary N) is 1. The second kappa shape index (κ2) is 5.66. The molecular weight excluding hydrogens is 366 g/mol. The van der Waals surface area contributed by atoms with Crippen LogP contribution in [0.1, 0.15) is 17.0 Å². The molecule has 2 N–H and O–H groups in total. The van der Waals surface area contributed by atoms with Crippen molar-refractivity contribution in [2.24, 2.45) is 5.73 Å². The Morgan fingerprint density at radius 3 is 2.79 bits per heavy atom. The summed E-state index contributed by atoms with van der Waals surface area (Å²) in [7, 11) is 0. The number of nitriles is 1. The first kappa shape index (κ1) is 14.7. The summed E-state index contributed by atoms with van der Waals surface area (Å²) in [4.78, 5) is 4.18. The molecule has 0 spiro atoms. The number of halogens is 1. The molecule has 0 amide bonds. The normalized spacial score (nSPS) is 16.4. The average molecular weight is 378 g/mol. The quantitative estimate of drug-likeness (QED) is 0.688. The van der Waals surface area contributed by atoms with Crippen LogP contribution >= 0.6 is 15.9 Å². The maximum Gasteiger partial charge on any atom is 0.205 e. The van der Waals surface area contributed by atoms with Gasteiger partial charge in [0.25, 0.3) is 0 Å². The predicted octanol–water partition coefficient (Wildman–Crippen LogP) is 4.22. The summed E-state index contributed by atoms with van der Waals surface area (Å²) < 4.78 is 6.73. The SMILES string of the molecule is N#CC1=C(N)Oc2cc3ccc(Br)cc3cc2[C@@H]1c1cccnc1. The molecule has 0 bridgehead atoms. The molecule has 0 unspecified atom stereocenters. The van der Waals surface area contributed by atoms with Gasteiger partial charge < -0.3 is 10.5 Å². The van der Waals surface area contributed by atoms with Gasteiger partial charge in [0.2, 0.25) is 5.88 Å². The predicted molar refractivity (Wildman–Crippen MR) is 95.2 cm³/mol. The van der Waals surface area contributed by atoms with Crippen LogP contribution in [0.3, 0.4) is 0 Å². The van der Waals surface area contributed by atoms with E-state index >= 15 is 0 Å². The first-order valence-electron chi connectivity index (χ1n) is 7.38. The monoisotopic (exact) mass is 377 g/mol. The van der Waals surface area contributed by atoms with Gasteiger partial charge in [0, 0.05) is 22.4 Å². The zero-order valence-electron chi connectivity index (χ0n) is 12.5. The van der Waals surface area contributed by atoms with Gasteiger partial charge in [-0.15, -0.1) is 0 Å². The van der Waals surface area contributed by atoms with E-state index in [-0.39, 0.29) is 11.8 Å². The molecule has 0 saturated carbocycles. The van der Waals surface area contributed by atoms with Crippen molar-refractivity contribution in [1.29, 1.82) is 5.26 Å². The van der Waals surface area contributed by atoms with Crippen LogP contribution in [0.5, 0.6) is 5.75 Å². The lowest BCUT2D eigenvalue weighted by atomic mass is 9.83. The minimum absolute atomic E-state index is 0.148. The molecule has 2 aromatic carbocycles. The highest BCUT2D eigenvalue weighted by molar-refractivity contribution is 9.10. The maximum absolute atomic E-state index is 9.58. The smallest absolute Gasteiger partial charge is 0.205 e. The van der Waals surface area contributed by atoms with E-state index in [1.807, 2.05) is 36.4 Å². The van der Waals surface area contributed by atoms with E-state index in [1.54, 1.807) is 12.4 Å². The standard InChI is InChI=1S/C19H12BrN3O/c20-14-4-3-11-8-17-15(7-13(11)6-14)18(12-2-1-5-23-10-12)16(9-21)19(22)24-17/h1-8,10,18H,22H2/t18-/m0/s1. The molecule has 24 heavy (non-hydrogen) atoms. The zero-order chi connectivity index (χ0) is 16.7. The number of aromatic nitrogens is 1. The molecule has 1 aromatic heterocycles. The van der Waals surface area contributed by atoms with Crippen molar-refractivity contribution < 1.29 is 4.74 Å². The van der Waals surface area contributed by atoms with Crippen molar-refractivity contribution in [1.82, 2.24) is 4.98 Å². The highest BCUT2D eigenvalue weighted by atomic mass is 79.9. The number of benzene rings is 2. The molecular formula is C19H12BrN3O. The molecule has 4 nitrogen and oxygen atoms in total. The topological polar surface area (TPSA) is 71.9 Å². The Kier molecular flexibility index (Phi) is 3.47. The van der Waals surface area contributed by atoms with E-state index in [2.05, 4.69) is 33.0 Å². The van der Waals surface area contributed by atoms with Crippen molar-refractivity contribution in [3.8, 4) is 11.8 Å². The Balaban J connectivity index is 2.00. The summed E-state index contributed by atoms with van der Waals surface area (Å²) in [5.74, 6) is 0.543. The van der Waals surface area contributed by atoms with E-state index in [9.17, 15) is 5.26 Å². The molecule has 0 fully saturated rings. The fraction of sp³-hybridized carbons (Fsp3) is 0.0526. The highest BCUT2D eigenvalue weighted by Crippen LogP contribution is 2.43. The van der Waals surface area contributed by atoms with Crippen LogP contribution in [0, 0.1) is 11.3 Å². The number of nitrogens with zero attached hydrogens (tertiary/aromatic N) is 2. The minimum atomic E-state index is -0.282. The van der Waals surface area contributed by atoms with Crippen molar-refractivity contribution in [2.75, 3.05) is 0 Å². The van der Waals surface area contributed by atoms with Crippen LogP contribution in [0.15, 0.2) is 70.8 Å². The van der Waals surface area contributed by atoms with Gasteiger partial charge >= 0.3 is 0 Å². The molecule has 1 atom stereocenters.